The molecule has 2 heterocycles. The molecule has 0 aliphatic rings. The van der Waals surface area contributed by atoms with Crippen molar-refractivity contribution in [3.05, 3.63) is 120 Å². The SMILES string of the molecule is [C-]#[N+]/C(C#N)=c1/c2ccsc2/c(=C(/c2ccc([N+]#[C-])c(F)c2)c2c(F)c(F)c(C)c(F)c2F)c2ccsc12. The monoisotopic (exact) mass is 547 g/mol. The summed E-state index contributed by atoms with van der Waals surface area (Å²) >= 11 is 2.29. The van der Waals surface area contributed by atoms with Gasteiger partial charge < -0.3 is 0 Å². The molecular formula is C28H10F5N3S2. The van der Waals surface area contributed by atoms with Crippen LogP contribution < -0.4 is 10.4 Å². The summed E-state index contributed by atoms with van der Waals surface area (Å²) in [5.41, 5.74) is -2.90. The first kappa shape index (κ1) is 25.1. The van der Waals surface area contributed by atoms with Gasteiger partial charge >= 0.3 is 0 Å². The van der Waals surface area contributed by atoms with Crippen LogP contribution in [0.1, 0.15) is 16.7 Å². The summed E-state index contributed by atoms with van der Waals surface area (Å²) in [4.78, 5) is 6.40. The van der Waals surface area contributed by atoms with Gasteiger partial charge in [0.2, 0.25) is 5.69 Å². The van der Waals surface area contributed by atoms with Gasteiger partial charge in [-0.15, -0.1) is 22.7 Å². The van der Waals surface area contributed by atoms with Gasteiger partial charge in [-0.05, 0) is 46.8 Å². The Bertz CT molecular complexity index is 1980. The van der Waals surface area contributed by atoms with Gasteiger partial charge in [-0.2, -0.15) is 0 Å². The van der Waals surface area contributed by atoms with Crippen molar-refractivity contribution in [2.24, 2.45) is 0 Å². The molecule has 0 radical (unpaired) electrons. The highest BCUT2D eigenvalue weighted by Gasteiger charge is 2.28. The molecule has 2 aromatic heterocycles. The second kappa shape index (κ2) is 9.39. The maximum Gasteiger partial charge on any atom is 0.271 e. The zero-order chi connectivity index (χ0) is 27.3. The van der Waals surface area contributed by atoms with Crippen LogP contribution in [0.3, 0.4) is 0 Å². The fourth-order valence-electron chi connectivity index (χ4n) is 4.39. The molecule has 0 N–H and O–H groups in total. The topological polar surface area (TPSA) is 32.5 Å². The molecule has 0 aliphatic heterocycles. The fourth-order valence-corrected chi connectivity index (χ4v) is 6.32. The molecule has 0 atom stereocenters. The van der Waals surface area contributed by atoms with Gasteiger partial charge in [0.25, 0.3) is 5.70 Å². The smallest absolute Gasteiger partial charge is 0.235 e. The summed E-state index contributed by atoms with van der Waals surface area (Å²) in [5, 5.41) is 14.1. The number of nitriles is 1. The van der Waals surface area contributed by atoms with E-state index >= 15 is 8.78 Å². The third kappa shape index (κ3) is 3.56. The predicted molar refractivity (Wildman–Crippen MR) is 137 cm³/mol. The van der Waals surface area contributed by atoms with E-state index in [1.807, 2.05) is 6.07 Å². The summed E-state index contributed by atoms with van der Waals surface area (Å²) in [6, 6.07) is 8.34. The standard InChI is InChI=1S/C28H10F5N3S2/c1-12-23(30)25(32)22(26(33)24(12)31)19(13-4-5-17(35-2)16(29)10-13)21-15-7-9-37-27(15)20(18(11-34)36-3)14-6-8-38-28(14)21/h4-10H,1H3/b20-18-,21-19-. The summed E-state index contributed by atoms with van der Waals surface area (Å²) in [7, 11) is 0. The molecule has 0 aliphatic carbocycles. The van der Waals surface area contributed by atoms with Gasteiger partial charge in [-0.25, -0.2) is 36.9 Å². The Hall–Kier alpha value is -4.56. The molecular weight excluding hydrogens is 537 g/mol. The van der Waals surface area contributed by atoms with E-state index < -0.39 is 40.2 Å². The van der Waals surface area contributed by atoms with E-state index in [-0.39, 0.29) is 27.7 Å². The average Bonchev–Trinajstić information content (AvgIpc) is 3.60. The second-order valence-corrected chi connectivity index (χ2v) is 9.89. The molecule has 0 bridgehead atoms. The molecule has 3 nitrogen and oxygen atoms in total. The zero-order valence-electron chi connectivity index (χ0n) is 19.1. The van der Waals surface area contributed by atoms with E-state index in [2.05, 4.69) is 9.69 Å². The number of nitrogens with zero attached hydrogens (tertiary/aromatic N) is 3. The Morgan fingerprint density at radius 2 is 1.42 bits per heavy atom. The molecule has 5 aromatic rings. The quantitative estimate of drug-likeness (QED) is 0.128. The Morgan fingerprint density at radius 1 is 0.842 bits per heavy atom. The van der Waals surface area contributed by atoms with Crippen molar-refractivity contribution in [1.82, 2.24) is 0 Å². The van der Waals surface area contributed by atoms with Gasteiger partial charge in [0.15, 0.2) is 23.3 Å². The number of rotatable bonds is 2. The minimum Gasteiger partial charge on any atom is -0.235 e. The van der Waals surface area contributed by atoms with Crippen LogP contribution in [0.2, 0.25) is 0 Å². The summed E-state index contributed by atoms with van der Waals surface area (Å²) in [5.74, 6) is -7.49. The van der Waals surface area contributed by atoms with Gasteiger partial charge in [-0.3, -0.25) is 0 Å². The van der Waals surface area contributed by atoms with Crippen molar-refractivity contribution in [2.75, 3.05) is 0 Å². The van der Waals surface area contributed by atoms with E-state index in [0.29, 0.717) is 25.4 Å². The molecule has 0 saturated heterocycles. The number of fused-ring (bicyclic) bond motifs is 2. The molecule has 0 fully saturated rings. The van der Waals surface area contributed by atoms with Crippen LogP contribution in [0.15, 0.2) is 41.1 Å². The summed E-state index contributed by atoms with van der Waals surface area (Å²) in [6.07, 6.45) is 0. The highest BCUT2D eigenvalue weighted by molar-refractivity contribution is 7.18. The van der Waals surface area contributed by atoms with Gasteiger partial charge in [0.05, 0.1) is 24.8 Å². The number of halogens is 5. The lowest BCUT2D eigenvalue weighted by Gasteiger charge is -2.16. The van der Waals surface area contributed by atoms with Gasteiger partial charge in [0.1, 0.15) is 5.82 Å². The Balaban J connectivity index is 2.19. The third-order valence-electron chi connectivity index (χ3n) is 6.12. The lowest BCUT2D eigenvalue weighted by molar-refractivity contribution is 0.441. The highest BCUT2D eigenvalue weighted by Crippen LogP contribution is 2.35. The first-order valence-corrected chi connectivity index (χ1v) is 12.4. The van der Waals surface area contributed by atoms with Crippen LogP contribution in [0.5, 0.6) is 0 Å². The highest BCUT2D eigenvalue weighted by atomic mass is 32.1. The van der Waals surface area contributed by atoms with E-state index in [9.17, 15) is 18.4 Å². The van der Waals surface area contributed by atoms with Crippen LogP contribution in [0.25, 0.3) is 41.1 Å². The molecule has 10 heteroatoms. The number of benzene rings is 3. The Kier molecular flexibility index (Phi) is 6.20. The largest absolute Gasteiger partial charge is 0.271 e. The van der Waals surface area contributed by atoms with Gasteiger partial charge in [0, 0.05) is 36.4 Å². The number of hydrogen-bond acceptors (Lipinski definition) is 3. The number of thiophene rings is 2. The van der Waals surface area contributed by atoms with Crippen molar-refractivity contribution in [2.45, 2.75) is 6.92 Å². The molecule has 184 valence electrons. The van der Waals surface area contributed by atoms with Crippen molar-refractivity contribution in [3.63, 3.8) is 0 Å². The maximum absolute atomic E-state index is 15.5. The van der Waals surface area contributed by atoms with E-state index in [4.69, 9.17) is 13.1 Å². The van der Waals surface area contributed by atoms with Gasteiger partial charge in [-0.1, -0.05) is 12.1 Å². The van der Waals surface area contributed by atoms with Crippen molar-refractivity contribution in [3.8, 4) is 6.07 Å². The molecule has 0 unspecified atom stereocenters. The lowest BCUT2D eigenvalue weighted by atomic mass is 9.91. The first-order chi connectivity index (χ1) is 18.2. The zero-order valence-corrected chi connectivity index (χ0v) is 20.7. The van der Waals surface area contributed by atoms with E-state index in [0.717, 1.165) is 30.4 Å². The minimum atomic E-state index is -1.66. The van der Waals surface area contributed by atoms with Crippen LogP contribution in [0.4, 0.5) is 27.6 Å². The van der Waals surface area contributed by atoms with Crippen LogP contribution >= 0.6 is 22.7 Å². The fraction of sp³-hybridized carbons (Fsp3) is 0.0357. The summed E-state index contributed by atoms with van der Waals surface area (Å²) < 4.78 is 76.3. The average molecular weight is 548 g/mol. The van der Waals surface area contributed by atoms with E-state index in [1.165, 1.54) is 17.4 Å². The normalized spacial score (nSPS) is 12.7. The molecule has 5 rings (SSSR count). The minimum absolute atomic E-state index is 0.125. The number of hydrogen-bond donors (Lipinski definition) is 0. The molecule has 38 heavy (non-hydrogen) atoms. The molecule has 3 aromatic carbocycles. The van der Waals surface area contributed by atoms with Crippen LogP contribution in [0, 0.1) is 60.5 Å². The molecule has 0 spiro atoms. The lowest BCUT2D eigenvalue weighted by Crippen LogP contribution is -2.19. The van der Waals surface area contributed by atoms with Crippen molar-refractivity contribution < 1.29 is 22.0 Å². The predicted octanol–water partition coefficient (Wildman–Crippen LogP) is 7.47. The summed E-state index contributed by atoms with van der Waals surface area (Å²) in [6.45, 7) is 15.5. The Labute approximate surface area is 219 Å². The van der Waals surface area contributed by atoms with Crippen LogP contribution in [-0.4, -0.2) is 0 Å². The molecule has 0 amide bonds. The van der Waals surface area contributed by atoms with E-state index in [1.54, 1.807) is 22.9 Å². The second-order valence-electron chi connectivity index (χ2n) is 8.06. The Morgan fingerprint density at radius 3 is 1.95 bits per heavy atom. The van der Waals surface area contributed by atoms with Crippen molar-refractivity contribution >= 4 is 59.8 Å². The first-order valence-electron chi connectivity index (χ1n) is 10.7. The van der Waals surface area contributed by atoms with Crippen LogP contribution in [-0.2, 0) is 0 Å². The maximum atomic E-state index is 15.5. The van der Waals surface area contributed by atoms with Crippen molar-refractivity contribution in [1.29, 1.82) is 5.26 Å². The molecule has 0 saturated carbocycles. The third-order valence-corrected chi connectivity index (χ3v) is 7.98.